The number of carbonyl (C=O) groups is 1. The number of amides is 1. The summed E-state index contributed by atoms with van der Waals surface area (Å²) in [6.45, 7) is 9.63. The van der Waals surface area contributed by atoms with Gasteiger partial charge in [0.1, 0.15) is 0 Å². The Balaban J connectivity index is 0.00000289. The van der Waals surface area contributed by atoms with E-state index in [9.17, 15) is 4.79 Å². The summed E-state index contributed by atoms with van der Waals surface area (Å²) in [6.07, 6.45) is 2.93. The van der Waals surface area contributed by atoms with Crippen molar-refractivity contribution in [2.24, 2.45) is 5.41 Å². The molecule has 0 spiro atoms. The van der Waals surface area contributed by atoms with Crippen molar-refractivity contribution in [3.05, 3.63) is 0 Å². The summed E-state index contributed by atoms with van der Waals surface area (Å²) in [4.78, 5) is 11.6. The summed E-state index contributed by atoms with van der Waals surface area (Å²) >= 11 is 0. The molecule has 0 aliphatic carbocycles. The summed E-state index contributed by atoms with van der Waals surface area (Å²) in [7, 11) is 0. The molecule has 0 unspecified atom stereocenters. The first-order valence-corrected chi connectivity index (χ1v) is 6.61. The Hall–Kier alpha value is -0.320. The third kappa shape index (κ3) is 7.19. The van der Waals surface area contributed by atoms with E-state index in [0.717, 1.165) is 32.5 Å². The van der Waals surface area contributed by atoms with Gasteiger partial charge in [-0.1, -0.05) is 6.92 Å². The van der Waals surface area contributed by atoms with Crippen LogP contribution in [-0.4, -0.2) is 38.3 Å². The van der Waals surface area contributed by atoms with Gasteiger partial charge in [0.25, 0.3) is 0 Å². The van der Waals surface area contributed by atoms with E-state index in [1.807, 2.05) is 13.8 Å². The van der Waals surface area contributed by atoms with Gasteiger partial charge >= 0.3 is 0 Å². The van der Waals surface area contributed by atoms with Gasteiger partial charge in [0.15, 0.2) is 0 Å². The van der Waals surface area contributed by atoms with Gasteiger partial charge in [0, 0.05) is 13.0 Å². The van der Waals surface area contributed by atoms with E-state index in [4.69, 9.17) is 4.74 Å². The second-order valence-electron chi connectivity index (χ2n) is 5.51. The zero-order valence-electron chi connectivity index (χ0n) is 11.8. The summed E-state index contributed by atoms with van der Waals surface area (Å²) in [5.41, 5.74) is 0.264. The number of rotatable bonds is 6. The molecule has 0 aromatic heterocycles. The highest BCUT2D eigenvalue weighted by Crippen LogP contribution is 2.26. The van der Waals surface area contributed by atoms with Gasteiger partial charge in [-0.25, -0.2) is 0 Å². The van der Waals surface area contributed by atoms with Crippen LogP contribution in [0.2, 0.25) is 0 Å². The molecular formula is C13H27ClN2O2. The first-order chi connectivity index (χ1) is 8.02. The Morgan fingerprint density at radius 2 is 2.00 bits per heavy atom. The quantitative estimate of drug-likeness (QED) is 0.778. The van der Waals surface area contributed by atoms with Crippen LogP contribution in [0.15, 0.2) is 0 Å². The van der Waals surface area contributed by atoms with Crippen molar-refractivity contribution >= 4 is 18.3 Å². The fourth-order valence-electron chi connectivity index (χ4n) is 1.99. The van der Waals surface area contributed by atoms with Crippen LogP contribution in [0.25, 0.3) is 0 Å². The molecule has 1 fully saturated rings. The lowest BCUT2D eigenvalue weighted by atomic mass is 9.81. The third-order valence-corrected chi connectivity index (χ3v) is 3.30. The minimum atomic E-state index is 0. The van der Waals surface area contributed by atoms with E-state index in [-0.39, 0.29) is 29.8 Å². The van der Waals surface area contributed by atoms with Crippen LogP contribution in [0.4, 0.5) is 0 Å². The van der Waals surface area contributed by atoms with Crippen molar-refractivity contribution in [1.82, 2.24) is 10.6 Å². The van der Waals surface area contributed by atoms with Crippen LogP contribution in [0.1, 0.15) is 40.0 Å². The molecule has 1 aliphatic rings. The Bertz CT molecular complexity index is 241. The van der Waals surface area contributed by atoms with Crippen LogP contribution >= 0.6 is 12.4 Å². The highest BCUT2D eigenvalue weighted by atomic mass is 35.5. The minimum absolute atomic E-state index is 0. The molecule has 0 aromatic carbocycles. The lowest BCUT2D eigenvalue weighted by Crippen LogP contribution is -2.43. The summed E-state index contributed by atoms with van der Waals surface area (Å²) < 4.78 is 5.36. The van der Waals surface area contributed by atoms with E-state index in [0.29, 0.717) is 13.0 Å². The zero-order chi connectivity index (χ0) is 12.7. The molecule has 1 amide bonds. The van der Waals surface area contributed by atoms with E-state index < -0.39 is 0 Å². The number of hydrogen-bond acceptors (Lipinski definition) is 3. The van der Waals surface area contributed by atoms with Crippen molar-refractivity contribution in [3.63, 3.8) is 0 Å². The maximum Gasteiger partial charge on any atom is 0.222 e. The number of carbonyl (C=O) groups excluding carboxylic acids is 1. The van der Waals surface area contributed by atoms with Gasteiger partial charge in [-0.15, -0.1) is 12.4 Å². The Morgan fingerprint density at radius 3 is 2.56 bits per heavy atom. The van der Waals surface area contributed by atoms with E-state index in [1.165, 1.54) is 0 Å². The number of nitrogens with one attached hydrogen (secondary N) is 2. The third-order valence-electron chi connectivity index (χ3n) is 3.30. The first-order valence-electron chi connectivity index (χ1n) is 6.61. The molecule has 0 bridgehead atoms. The number of hydrogen-bond donors (Lipinski definition) is 2. The molecule has 1 heterocycles. The summed E-state index contributed by atoms with van der Waals surface area (Å²) in [6, 6.07) is 0. The van der Waals surface area contributed by atoms with Crippen LogP contribution in [0, 0.1) is 5.41 Å². The molecule has 108 valence electrons. The fraction of sp³-hybridized carbons (Fsp3) is 0.923. The van der Waals surface area contributed by atoms with Gasteiger partial charge in [0.05, 0.1) is 12.7 Å². The number of halogens is 1. The van der Waals surface area contributed by atoms with Crippen LogP contribution in [0.5, 0.6) is 0 Å². The molecule has 0 radical (unpaired) electrons. The van der Waals surface area contributed by atoms with Gasteiger partial charge < -0.3 is 15.4 Å². The van der Waals surface area contributed by atoms with Crippen molar-refractivity contribution in [2.75, 3.05) is 26.2 Å². The monoisotopic (exact) mass is 278 g/mol. The number of ether oxygens (including phenoxy) is 1. The Kier molecular flexibility index (Phi) is 8.57. The summed E-state index contributed by atoms with van der Waals surface area (Å²) in [5, 5.41) is 6.36. The topological polar surface area (TPSA) is 50.4 Å². The van der Waals surface area contributed by atoms with E-state index >= 15 is 0 Å². The molecule has 1 rings (SSSR count). The summed E-state index contributed by atoms with van der Waals surface area (Å²) in [5.74, 6) is 0.102. The molecule has 5 heteroatoms. The molecule has 0 aromatic rings. The van der Waals surface area contributed by atoms with Crippen LogP contribution in [0.3, 0.4) is 0 Å². The molecule has 0 atom stereocenters. The van der Waals surface area contributed by atoms with Crippen molar-refractivity contribution in [2.45, 2.75) is 46.1 Å². The van der Waals surface area contributed by atoms with Gasteiger partial charge in [-0.05, 0) is 45.2 Å². The SMILES string of the molecule is CC(C)OCCC(=O)NCC1(C)CCNCC1.Cl. The Labute approximate surface area is 117 Å². The molecule has 0 saturated carbocycles. The highest BCUT2D eigenvalue weighted by molar-refractivity contribution is 5.85. The first kappa shape index (κ1) is 17.7. The standard InChI is InChI=1S/C13H26N2O2.ClH/c1-11(2)17-9-4-12(16)15-10-13(3)5-7-14-8-6-13;/h11,14H,4-10H2,1-3H3,(H,15,16);1H. The minimum Gasteiger partial charge on any atom is -0.378 e. The van der Waals surface area contributed by atoms with E-state index in [2.05, 4.69) is 17.6 Å². The van der Waals surface area contributed by atoms with Crippen LogP contribution in [-0.2, 0) is 9.53 Å². The van der Waals surface area contributed by atoms with Gasteiger partial charge in [0.2, 0.25) is 5.91 Å². The molecular weight excluding hydrogens is 252 g/mol. The fourth-order valence-corrected chi connectivity index (χ4v) is 1.99. The second-order valence-corrected chi connectivity index (χ2v) is 5.51. The largest absolute Gasteiger partial charge is 0.378 e. The average Bonchev–Trinajstić information content (AvgIpc) is 2.27. The molecule has 18 heavy (non-hydrogen) atoms. The van der Waals surface area contributed by atoms with Crippen molar-refractivity contribution in [1.29, 1.82) is 0 Å². The van der Waals surface area contributed by atoms with Crippen LogP contribution < -0.4 is 10.6 Å². The lowest BCUT2D eigenvalue weighted by Gasteiger charge is -2.34. The maximum atomic E-state index is 11.6. The Morgan fingerprint density at radius 1 is 1.39 bits per heavy atom. The number of piperidine rings is 1. The zero-order valence-corrected chi connectivity index (χ0v) is 12.6. The molecule has 2 N–H and O–H groups in total. The smallest absolute Gasteiger partial charge is 0.222 e. The highest BCUT2D eigenvalue weighted by Gasteiger charge is 2.26. The van der Waals surface area contributed by atoms with Gasteiger partial charge in [-0.2, -0.15) is 0 Å². The second kappa shape index (κ2) is 8.73. The maximum absolute atomic E-state index is 11.6. The molecule has 4 nitrogen and oxygen atoms in total. The van der Waals surface area contributed by atoms with E-state index in [1.54, 1.807) is 0 Å². The average molecular weight is 279 g/mol. The van der Waals surface area contributed by atoms with Crippen molar-refractivity contribution in [3.8, 4) is 0 Å². The lowest BCUT2D eigenvalue weighted by molar-refractivity contribution is -0.123. The predicted octanol–water partition coefficient (Wildman–Crippen LogP) is 1.73. The van der Waals surface area contributed by atoms with Crippen molar-refractivity contribution < 1.29 is 9.53 Å². The normalized spacial score (nSPS) is 18.2. The predicted molar refractivity (Wildman–Crippen MR) is 76.2 cm³/mol. The molecule has 1 aliphatic heterocycles. The molecule has 1 saturated heterocycles. The van der Waals surface area contributed by atoms with Gasteiger partial charge in [-0.3, -0.25) is 4.79 Å².